The zero-order valence-corrected chi connectivity index (χ0v) is 13.7. The summed E-state index contributed by atoms with van der Waals surface area (Å²) in [4.78, 5) is 14.9. The number of hydrogen-bond donors (Lipinski definition) is 1. The summed E-state index contributed by atoms with van der Waals surface area (Å²) in [6, 6.07) is 6.41. The minimum atomic E-state index is -0.149. The molecule has 0 radical (unpaired) electrons. The molecular formula is C18H23N3O. The van der Waals surface area contributed by atoms with Gasteiger partial charge in [-0.3, -0.25) is 9.89 Å². The maximum atomic E-state index is 12.9. The van der Waals surface area contributed by atoms with E-state index in [1.54, 1.807) is 0 Å². The molecule has 0 spiro atoms. The number of fused-ring (bicyclic) bond motifs is 1. The molecular weight excluding hydrogens is 274 g/mol. The van der Waals surface area contributed by atoms with Crippen molar-refractivity contribution in [2.75, 3.05) is 6.54 Å². The predicted octanol–water partition coefficient (Wildman–Crippen LogP) is 3.02. The van der Waals surface area contributed by atoms with Crippen LogP contribution in [0.1, 0.15) is 46.5 Å². The molecule has 0 saturated carbocycles. The lowest BCUT2D eigenvalue weighted by atomic mass is 9.93. The number of amides is 1. The predicted molar refractivity (Wildman–Crippen MR) is 86.8 cm³/mol. The van der Waals surface area contributed by atoms with Crippen molar-refractivity contribution in [1.29, 1.82) is 0 Å². The van der Waals surface area contributed by atoms with Crippen molar-refractivity contribution in [3.8, 4) is 0 Å². The molecule has 0 bridgehead atoms. The molecule has 4 nitrogen and oxygen atoms in total. The third-order valence-corrected chi connectivity index (χ3v) is 4.81. The van der Waals surface area contributed by atoms with Crippen LogP contribution in [0, 0.1) is 20.8 Å². The summed E-state index contributed by atoms with van der Waals surface area (Å²) in [6.45, 7) is 9.57. The van der Waals surface area contributed by atoms with Gasteiger partial charge in [-0.2, -0.15) is 5.10 Å². The highest BCUT2D eigenvalue weighted by atomic mass is 16.2. The van der Waals surface area contributed by atoms with E-state index in [-0.39, 0.29) is 11.8 Å². The number of carbonyl (C=O) groups excluding carboxylic acids is 1. The Labute approximate surface area is 131 Å². The molecule has 0 fully saturated rings. The Morgan fingerprint density at radius 3 is 2.77 bits per heavy atom. The summed E-state index contributed by atoms with van der Waals surface area (Å²) in [6.07, 6.45) is 0.943. The number of aromatic nitrogens is 2. The van der Waals surface area contributed by atoms with Gasteiger partial charge in [0.05, 0.1) is 11.6 Å². The fourth-order valence-corrected chi connectivity index (χ4v) is 3.53. The van der Waals surface area contributed by atoms with Gasteiger partial charge in [-0.15, -0.1) is 0 Å². The Kier molecular flexibility index (Phi) is 3.77. The summed E-state index contributed by atoms with van der Waals surface area (Å²) < 4.78 is 0. The maximum Gasteiger partial charge on any atom is 0.230 e. The van der Waals surface area contributed by atoms with E-state index < -0.39 is 0 Å². The van der Waals surface area contributed by atoms with Crippen molar-refractivity contribution in [1.82, 2.24) is 15.1 Å². The average Bonchev–Trinajstić information content (AvgIpc) is 2.85. The molecule has 1 aromatic heterocycles. The SMILES string of the molecule is Cc1cccc2c1CN(C(=O)C(C)c1c(C)n[nH]c1C)CC2. The summed E-state index contributed by atoms with van der Waals surface area (Å²) in [5.41, 5.74) is 6.93. The van der Waals surface area contributed by atoms with Crippen LogP contribution < -0.4 is 0 Å². The van der Waals surface area contributed by atoms with E-state index >= 15 is 0 Å². The molecule has 0 aliphatic carbocycles. The number of rotatable bonds is 2. The fourth-order valence-electron chi connectivity index (χ4n) is 3.53. The van der Waals surface area contributed by atoms with Gasteiger partial charge in [-0.1, -0.05) is 18.2 Å². The molecule has 4 heteroatoms. The summed E-state index contributed by atoms with van der Waals surface area (Å²) in [5, 5.41) is 7.20. The van der Waals surface area contributed by atoms with Crippen LogP contribution >= 0.6 is 0 Å². The zero-order valence-electron chi connectivity index (χ0n) is 13.7. The van der Waals surface area contributed by atoms with Gasteiger partial charge >= 0.3 is 0 Å². The molecule has 2 heterocycles. The Hall–Kier alpha value is -2.10. The van der Waals surface area contributed by atoms with E-state index in [0.717, 1.165) is 36.5 Å². The monoisotopic (exact) mass is 297 g/mol. The number of hydrogen-bond acceptors (Lipinski definition) is 2. The summed E-state index contributed by atoms with van der Waals surface area (Å²) in [5.74, 6) is 0.0471. The first-order valence-corrected chi connectivity index (χ1v) is 7.86. The molecule has 1 atom stereocenters. The number of carbonyl (C=O) groups is 1. The van der Waals surface area contributed by atoms with Gasteiger partial charge < -0.3 is 4.90 Å². The van der Waals surface area contributed by atoms with Crippen LogP contribution in [0.5, 0.6) is 0 Å². The third kappa shape index (κ3) is 2.43. The van der Waals surface area contributed by atoms with Crippen molar-refractivity contribution >= 4 is 5.91 Å². The Morgan fingerprint density at radius 1 is 1.32 bits per heavy atom. The van der Waals surface area contributed by atoms with E-state index in [2.05, 4.69) is 35.3 Å². The van der Waals surface area contributed by atoms with Crippen LogP contribution in [0.25, 0.3) is 0 Å². The van der Waals surface area contributed by atoms with Gasteiger partial charge in [0.2, 0.25) is 5.91 Å². The molecule has 0 saturated heterocycles. The van der Waals surface area contributed by atoms with Gasteiger partial charge in [0.1, 0.15) is 0 Å². The first kappa shape index (κ1) is 14.8. The minimum Gasteiger partial charge on any atom is -0.337 e. The number of nitrogens with zero attached hydrogens (tertiary/aromatic N) is 2. The summed E-state index contributed by atoms with van der Waals surface area (Å²) >= 11 is 0. The average molecular weight is 297 g/mol. The van der Waals surface area contributed by atoms with Crippen molar-refractivity contribution in [3.05, 3.63) is 51.8 Å². The van der Waals surface area contributed by atoms with E-state index in [0.29, 0.717) is 0 Å². The number of aryl methyl sites for hydroxylation is 3. The smallest absolute Gasteiger partial charge is 0.230 e. The van der Waals surface area contributed by atoms with Gasteiger partial charge in [0.15, 0.2) is 0 Å². The second kappa shape index (κ2) is 5.59. The topological polar surface area (TPSA) is 49.0 Å². The molecule has 116 valence electrons. The first-order valence-electron chi connectivity index (χ1n) is 7.86. The molecule has 1 aliphatic rings. The zero-order chi connectivity index (χ0) is 15.9. The lowest BCUT2D eigenvalue weighted by molar-refractivity contribution is -0.133. The second-order valence-corrected chi connectivity index (χ2v) is 6.29. The van der Waals surface area contributed by atoms with Gasteiger partial charge in [0, 0.05) is 24.3 Å². The fraction of sp³-hybridized carbons (Fsp3) is 0.444. The molecule has 1 unspecified atom stereocenters. The minimum absolute atomic E-state index is 0.149. The Bertz CT molecular complexity index is 698. The van der Waals surface area contributed by atoms with Crippen LogP contribution in [0.15, 0.2) is 18.2 Å². The third-order valence-electron chi connectivity index (χ3n) is 4.81. The number of nitrogens with one attached hydrogen (secondary N) is 1. The van der Waals surface area contributed by atoms with Gasteiger partial charge in [-0.05, 0) is 50.8 Å². The quantitative estimate of drug-likeness (QED) is 0.926. The van der Waals surface area contributed by atoms with E-state index in [1.165, 1.54) is 16.7 Å². The van der Waals surface area contributed by atoms with E-state index in [1.807, 2.05) is 25.7 Å². The van der Waals surface area contributed by atoms with Crippen LogP contribution in [0.3, 0.4) is 0 Å². The largest absolute Gasteiger partial charge is 0.337 e. The van der Waals surface area contributed by atoms with Crippen molar-refractivity contribution in [2.45, 2.75) is 46.6 Å². The number of H-pyrrole nitrogens is 1. The molecule has 3 rings (SSSR count). The lowest BCUT2D eigenvalue weighted by Gasteiger charge is -2.32. The first-order chi connectivity index (χ1) is 10.5. The number of aromatic amines is 1. The Morgan fingerprint density at radius 2 is 2.09 bits per heavy atom. The molecule has 1 aromatic carbocycles. The standard InChI is InChI=1S/C18H23N3O/c1-11-6-5-7-15-8-9-21(10-16(11)15)18(22)12(2)17-13(3)19-20-14(17)4/h5-7,12H,8-10H2,1-4H3,(H,19,20). The highest BCUT2D eigenvalue weighted by Crippen LogP contribution is 2.27. The van der Waals surface area contributed by atoms with Gasteiger partial charge in [-0.25, -0.2) is 0 Å². The van der Waals surface area contributed by atoms with Crippen LogP contribution in [-0.4, -0.2) is 27.5 Å². The molecule has 1 amide bonds. The normalized spacial score (nSPS) is 15.5. The van der Waals surface area contributed by atoms with Crippen molar-refractivity contribution < 1.29 is 4.79 Å². The van der Waals surface area contributed by atoms with E-state index in [9.17, 15) is 4.79 Å². The van der Waals surface area contributed by atoms with Crippen molar-refractivity contribution in [2.24, 2.45) is 0 Å². The van der Waals surface area contributed by atoms with Crippen LogP contribution in [0.2, 0.25) is 0 Å². The summed E-state index contributed by atoms with van der Waals surface area (Å²) in [7, 11) is 0. The number of benzene rings is 1. The van der Waals surface area contributed by atoms with Crippen LogP contribution in [-0.2, 0) is 17.8 Å². The molecule has 22 heavy (non-hydrogen) atoms. The molecule has 2 aromatic rings. The molecule has 1 aliphatic heterocycles. The van der Waals surface area contributed by atoms with Crippen LogP contribution in [0.4, 0.5) is 0 Å². The van der Waals surface area contributed by atoms with Gasteiger partial charge in [0.25, 0.3) is 0 Å². The second-order valence-electron chi connectivity index (χ2n) is 6.29. The van der Waals surface area contributed by atoms with E-state index in [4.69, 9.17) is 0 Å². The maximum absolute atomic E-state index is 12.9. The highest BCUT2D eigenvalue weighted by molar-refractivity contribution is 5.84. The Balaban J connectivity index is 1.84. The molecule has 1 N–H and O–H groups in total. The van der Waals surface area contributed by atoms with Crippen molar-refractivity contribution in [3.63, 3.8) is 0 Å². The highest BCUT2D eigenvalue weighted by Gasteiger charge is 2.28. The lowest BCUT2D eigenvalue weighted by Crippen LogP contribution is -2.38.